The van der Waals surface area contributed by atoms with Crippen LogP contribution in [0.2, 0.25) is 0 Å². The zero-order valence-corrected chi connectivity index (χ0v) is 11.8. The largest absolute Gasteiger partial charge is 0.444 e. The molecule has 0 aliphatic rings. The second kappa shape index (κ2) is 9.49. The van der Waals surface area contributed by atoms with Crippen LogP contribution in [-0.2, 0) is 14.3 Å². The first kappa shape index (κ1) is 17.6. The van der Waals surface area contributed by atoms with Crippen LogP contribution in [0.3, 0.4) is 0 Å². The Hall–Kier alpha value is -1.43. The van der Waals surface area contributed by atoms with Gasteiger partial charge in [-0.1, -0.05) is 0 Å². The second-order valence-electron chi connectivity index (χ2n) is 5.15. The number of ether oxygens (including phenoxy) is 1. The molecule has 0 aromatic carbocycles. The maximum atomic E-state index is 11.3. The van der Waals surface area contributed by atoms with E-state index >= 15 is 0 Å². The van der Waals surface area contributed by atoms with Gasteiger partial charge in [0.2, 0.25) is 6.29 Å². The van der Waals surface area contributed by atoms with E-state index in [2.05, 4.69) is 10.6 Å². The molecule has 0 bridgehead atoms. The fourth-order valence-corrected chi connectivity index (χ4v) is 1.31. The molecule has 0 aliphatic heterocycles. The summed E-state index contributed by atoms with van der Waals surface area (Å²) in [6.07, 6.45) is 3.61. The van der Waals surface area contributed by atoms with E-state index in [1.807, 2.05) is 6.29 Å². The molecule has 0 aliphatic carbocycles. The maximum absolute atomic E-state index is 11.3. The number of hydrogen-bond acceptors (Lipinski definition) is 5. The first-order chi connectivity index (χ1) is 8.89. The molecule has 1 radical (unpaired) electrons. The molecule has 109 valence electrons. The third-order valence-electron chi connectivity index (χ3n) is 2.13. The van der Waals surface area contributed by atoms with Gasteiger partial charge in [-0.2, -0.15) is 0 Å². The molecule has 0 aromatic heterocycles. The highest BCUT2D eigenvalue weighted by atomic mass is 16.6. The Bertz CT molecular complexity index is 287. The second-order valence-corrected chi connectivity index (χ2v) is 5.15. The number of carbonyl (C=O) groups is 2. The number of carbonyl (C=O) groups excluding carboxylic acids is 3. The van der Waals surface area contributed by atoms with Gasteiger partial charge < -0.3 is 20.2 Å². The lowest BCUT2D eigenvalue weighted by Crippen LogP contribution is -2.36. The number of hydrogen-bond donors (Lipinski definition) is 2. The van der Waals surface area contributed by atoms with E-state index < -0.39 is 17.7 Å². The van der Waals surface area contributed by atoms with Crippen molar-refractivity contribution in [1.29, 1.82) is 0 Å². The Morgan fingerprint density at radius 1 is 1.37 bits per heavy atom. The third-order valence-corrected chi connectivity index (χ3v) is 2.13. The van der Waals surface area contributed by atoms with Gasteiger partial charge in [0.1, 0.15) is 11.9 Å². The third kappa shape index (κ3) is 11.4. The van der Waals surface area contributed by atoms with Crippen LogP contribution in [0.15, 0.2) is 0 Å². The molecule has 2 N–H and O–H groups in total. The lowest BCUT2D eigenvalue weighted by molar-refractivity contribution is -0.107. The van der Waals surface area contributed by atoms with Gasteiger partial charge >= 0.3 is 6.09 Å². The topological polar surface area (TPSA) is 84.5 Å². The van der Waals surface area contributed by atoms with Crippen molar-refractivity contribution >= 4 is 18.7 Å². The maximum Gasteiger partial charge on any atom is 0.407 e. The normalized spacial score (nSPS) is 12.6. The average molecular weight is 271 g/mol. The Kier molecular flexibility index (Phi) is 8.78. The Balaban J connectivity index is 3.60. The average Bonchev–Trinajstić information content (AvgIpc) is 2.30. The molecule has 0 fully saturated rings. The molecule has 0 saturated carbocycles. The van der Waals surface area contributed by atoms with Gasteiger partial charge in [-0.05, 0) is 40.2 Å². The monoisotopic (exact) mass is 271 g/mol. The van der Waals surface area contributed by atoms with E-state index in [4.69, 9.17) is 4.74 Å². The van der Waals surface area contributed by atoms with Crippen LogP contribution in [0.25, 0.3) is 0 Å². The van der Waals surface area contributed by atoms with E-state index in [0.29, 0.717) is 32.4 Å². The number of alkyl carbamates (subject to hydrolysis) is 1. The lowest BCUT2D eigenvalue weighted by atomic mass is 10.2. The summed E-state index contributed by atoms with van der Waals surface area (Å²) in [6.45, 7) is 6.42. The van der Waals surface area contributed by atoms with E-state index in [9.17, 15) is 14.4 Å². The molecule has 0 rings (SSSR count). The smallest absolute Gasteiger partial charge is 0.407 e. The van der Waals surface area contributed by atoms with Gasteiger partial charge in [0.25, 0.3) is 0 Å². The van der Waals surface area contributed by atoms with Gasteiger partial charge in [0.05, 0.1) is 6.04 Å². The van der Waals surface area contributed by atoms with Crippen molar-refractivity contribution in [1.82, 2.24) is 10.6 Å². The van der Waals surface area contributed by atoms with Gasteiger partial charge in [0, 0.05) is 13.0 Å². The van der Waals surface area contributed by atoms with Gasteiger partial charge in [-0.3, -0.25) is 4.79 Å². The molecule has 1 unspecified atom stereocenters. The first-order valence-corrected chi connectivity index (χ1v) is 6.40. The molecule has 0 aromatic rings. The van der Waals surface area contributed by atoms with E-state index in [-0.39, 0.29) is 0 Å². The van der Waals surface area contributed by atoms with Crippen molar-refractivity contribution < 1.29 is 19.1 Å². The minimum atomic E-state index is -0.505. The number of nitrogens with one attached hydrogen (secondary N) is 2. The van der Waals surface area contributed by atoms with Crippen LogP contribution in [0.1, 0.15) is 40.0 Å². The summed E-state index contributed by atoms with van der Waals surface area (Å²) in [4.78, 5) is 32.0. The number of aldehydes is 1. The van der Waals surface area contributed by atoms with Crippen molar-refractivity contribution in [3.8, 4) is 0 Å². The highest BCUT2D eigenvalue weighted by molar-refractivity contribution is 5.67. The van der Waals surface area contributed by atoms with Gasteiger partial charge in [0.15, 0.2) is 0 Å². The van der Waals surface area contributed by atoms with Crippen LogP contribution >= 0.6 is 0 Å². The molecule has 19 heavy (non-hydrogen) atoms. The zero-order valence-electron chi connectivity index (χ0n) is 11.8. The van der Waals surface area contributed by atoms with E-state index in [1.54, 1.807) is 20.8 Å². The summed E-state index contributed by atoms with van der Waals surface area (Å²) in [5.74, 6) is 0. The number of amides is 1. The van der Waals surface area contributed by atoms with Crippen molar-refractivity contribution in [3.05, 3.63) is 0 Å². The highest BCUT2D eigenvalue weighted by Crippen LogP contribution is 2.06. The molecule has 6 nitrogen and oxygen atoms in total. The van der Waals surface area contributed by atoms with Crippen molar-refractivity contribution in [2.75, 3.05) is 13.1 Å². The zero-order chi connectivity index (χ0) is 14.7. The molecular formula is C13H23N2O4. The predicted octanol–water partition coefficient (Wildman–Crippen LogP) is 0.948. The van der Waals surface area contributed by atoms with Crippen LogP contribution in [0, 0.1) is 0 Å². The minimum Gasteiger partial charge on any atom is -0.444 e. The lowest BCUT2D eigenvalue weighted by Gasteiger charge is -2.19. The summed E-state index contributed by atoms with van der Waals surface area (Å²) in [5.41, 5.74) is -0.505. The van der Waals surface area contributed by atoms with Crippen molar-refractivity contribution in [3.63, 3.8) is 0 Å². The van der Waals surface area contributed by atoms with Crippen LogP contribution < -0.4 is 10.6 Å². The van der Waals surface area contributed by atoms with E-state index in [1.165, 1.54) is 0 Å². The summed E-state index contributed by atoms with van der Waals surface area (Å²) >= 11 is 0. The number of rotatable bonds is 9. The quantitative estimate of drug-likeness (QED) is 0.482. The molecule has 6 heteroatoms. The summed E-state index contributed by atoms with van der Waals surface area (Å²) in [7, 11) is 0. The molecule has 1 amide bonds. The van der Waals surface area contributed by atoms with Gasteiger partial charge in [-0.15, -0.1) is 0 Å². The summed E-state index contributed by atoms with van der Waals surface area (Å²) < 4.78 is 5.07. The summed E-state index contributed by atoms with van der Waals surface area (Å²) in [5, 5.41) is 5.57. The molecule has 0 spiro atoms. The summed E-state index contributed by atoms with van der Waals surface area (Å²) in [6, 6.07) is -0.424. The first-order valence-electron chi connectivity index (χ1n) is 6.40. The SMILES string of the molecule is CC(C)(C)OC(=O)NCCCNC([C]=O)CCC=O. The predicted molar refractivity (Wildman–Crippen MR) is 71.6 cm³/mol. The van der Waals surface area contributed by atoms with E-state index in [0.717, 1.165) is 6.29 Å². The fraction of sp³-hybridized carbons (Fsp3) is 0.769. The standard InChI is InChI=1S/C13H23N2O4/c1-13(2,3)19-12(18)15-8-5-7-14-11(10-17)6-4-9-16/h9,11,14H,4-8H2,1-3H3,(H,15,18). The molecule has 0 heterocycles. The Morgan fingerprint density at radius 3 is 2.58 bits per heavy atom. The van der Waals surface area contributed by atoms with Crippen molar-refractivity contribution in [2.24, 2.45) is 0 Å². The van der Waals surface area contributed by atoms with Crippen LogP contribution in [-0.4, -0.2) is 43.4 Å². The Morgan fingerprint density at radius 2 is 2.05 bits per heavy atom. The van der Waals surface area contributed by atoms with Gasteiger partial charge in [-0.25, -0.2) is 4.79 Å². The fourth-order valence-electron chi connectivity index (χ4n) is 1.31. The van der Waals surface area contributed by atoms with Crippen molar-refractivity contribution in [2.45, 2.75) is 51.7 Å². The highest BCUT2D eigenvalue weighted by Gasteiger charge is 2.15. The van der Waals surface area contributed by atoms with Crippen LogP contribution in [0.5, 0.6) is 0 Å². The Labute approximate surface area is 114 Å². The molecule has 0 saturated heterocycles. The molecule has 1 atom stereocenters. The minimum absolute atomic E-state index is 0.336. The van der Waals surface area contributed by atoms with Crippen LogP contribution in [0.4, 0.5) is 4.79 Å². The molecular weight excluding hydrogens is 248 g/mol.